The predicted molar refractivity (Wildman–Crippen MR) is 93.2 cm³/mol. The zero-order valence-corrected chi connectivity index (χ0v) is 14.2. The molecule has 0 unspecified atom stereocenters. The molecule has 0 aliphatic rings. The lowest BCUT2D eigenvalue weighted by Gasteiger charge is -2.10. The van der Waals surface area contributed by atoms with E-state index < -0.39 is 0 Å². The van der Waals surface area contributed by atoms with Gasteiger partial charge in [-0.1, -0.05) is 12.1 Å². The summed E-state index contributed by atoms with van der Waals surface area (Å²) in [6, 6.07) is 7.52. The van der Waals surface area contributed by atoms with Crippen LogP contribution in [0, 0.1) is 0 Å². The van der Waals surface area contributed by atoms with Crippen LogP contribution in [0.5, 0.6) is 5.75 Å². The summed E-state index contributed by atoms with van der Waals surface area (Å²) < 4.78 is 5.10. The third-order valence-corrected chi connectivity index (χ3v) is 3.36. The largest absolute Gasteiger partial charge is 0.497 e. The highest BCUT2D eigenvalue weighted by molar-refractivity contribution is 5.91. The van der Waals surface area contributed by atoms with E-state index in [1.807, 2.05) is 38.4 Å². The molecule has 1 heterocycles. The second-order valence-corrected chi connectivity index (χ2v) is 5.55. The standard InChI is InChI=1S/C17H23N5O2/c1-22(2)9-8-18-16-12-19-15(11-20-16)17(23)21-10-13-4-6-14(24-3)7-5-13/h4-7,11-12H,8-10H2,1-3H3,(H,18,20)(H,21,23). The Labute approximate surface area is 142 Å². The van der Waals surface area contributed by atoms with Gasteiger partial charge in [-0.2, -0.15) is 0 Å². The van der Waals surface area contributed by atoms with Gasteiger partial charge in [-0.05, 0) is 31.8 Å². The van der Waals surface area contributed by atoms with Crippen molar-refractivity contribution in [2.24, 2.45) is 0 Å². The van der Waals surface area contributed by atoms with Crippen LogP contribution in [-0.2, 0) is 6.54 Å². The molecule has 0 bridgehead atoms. The van der Waals surface area contributed by atoms with Crippen molar-refractivity contribution >= 4 is 11.7 Å². The third-order valence-electron chi connectivity index (χ3n) is 3.36. The summed E-state index contributed by atoms with van der Waals surface area (Å²) in [5.41, 5.74) is 1.28. The van der Waals surface area contributed by atoms with Crippen LogP contribution in [0.1, 0.15) is 16.1 Å². The van der Waals surface area contributed by atoms with Crippen molar-refractivity contribution in [3.8, 4) is 5.75 Å². The molecule has 2 rings (SSSR count). The van der Waals surface area contributed by atoms with Crippen molar-refractivity contribution in [3.05, 3.63) is 47.9 Å². The highest BCUT2D eigenvalue weighted by Crippen LogP contribution is 2.11. The Morgan fingerprint density at radius 2 is 1.92 bits per heavy atom. The first-order chi connectivity index (χ1) is 11.6. The maximum Gasteiger partial charge on any atom is 0.271 e. The van der Waals surface area contributed by atoms with E-state index in [-0.39, 0.29) is 5.91 Å². The number of anilines is 1. The molecule has 0 aliphatic carbocycles. The van der Waals surface area contributed by atoms with E-state index in [4.69, 9.17) is 4.74 Å². The Hall–Kier alpha value is -2.67. The number of carbonyl (C=O) groups is 1. The Bertz CT molecular complexity index is 641. The second-order valence-electron chi connectivity index (χ2n) is 5.55. The molecule has 1 amide bonds. The summed E-state index contributed by atoms with van der Waals surface area (Å²) in [5.74, 6) is 1.19. The van der Waals surface area contributed by atoms with Crippen LogP contribution in [0.2, 0.25) is 0 Å². The predicted octanol–water partition coefficient (Wildman–Crippen LogP) is 1.39. The van der Waals surface area contributed by atoms with E-state index in [0.29, 0.717) is 18.1 Å². The van der Waals surface area contributed by atoms with Gasteiger partial charge in [0, 0.05) is 19.6 Å². The number of methoxy groups -OCH3 is 1. The van der Waals surface area contributed by atoms with Crippen molar-refractivity contribution in [2.45, 2.75) is 6.54 Å². The summed E-state index contributed by atoms with van der Waals surface area (Å²) in [6.07, 6.45) is 3.04. The molecule has 1 aromatic carbocycles. The van der Waals surface area contributed by atoms with Gasteiger partial charge in [-0.25, -0.2) is 9.97 Å². The van der Waals surface area contributed by atoms with Crippen molar-refractivity contribution in [1.82, 2.24) is 20.2 Å². The van der Waals surface area contributed by atoms with Crippen molar-refractivity contribution in [1.29, 1.82) is 0 Å². The Kier molecular flexibility index (Phi) is 6.51. The molecule has 1 aromatic heterocycles. The van der Waals surface area contributed by atoms with E-state index in [1.165, 1.54) is 6.20 Å². The minimum atomic E-state index is -0.252. The maximum absolute atomic E-state index is 12.1. The fraction of sp³-hybridized carbons (Fsp3) is 0.353. The van der Waals surface area contributed by atoms with Crippen LogP contribution in [-0.4, -0.2) is 55.1 Å². The van der Waals surface area contributed by atoms with Crippen LogP contribution in [0.3, 0.4) is 0 Å². The number of hydrogen-bond donors (Lipinski definition) is 2. The number of hydrogen-bond acceptors (Lipinski definition) is 6. The van der Waals surface area contributed by atoms with Gasteiger partial charge in [0.25, 0.3) is 5.91 Å². The number of carbonyl (C=O) groups excluding carboxylic acids is 1. The number of rotatable bonds is 8. The van der Waals surface area contributed by atoms with Crippen LogP contribution in [0.15, 0.2) is 36.7 Å². The second kappa shape index (κ2) is 8.83. The summed E-state index contributed by atoms with van der Waals surface area (Å²) in [6.45, 7) is 2.09. The zero-order valence-electron chi connectivity index (χ0n) is 14.2. The average molecular weight is 329 g/mol. The summed E-state index contributed by atoms with van der Waals surface area (Å²) in [4.78, 5) is 22.5. The summed E-state index contributed by atoms with van der Waals surface area (Å²) >= 11 is 0. The Balaban J connectivity index is 1.83. The minimum absolute atomic E-state index is 0.252. The minimum Gasteiger partial charge on any atom is -0.497 e. The summed E-state index contributed by atoms with van der Waals surface area (Å²) in [5, 5.41) is 5.97. The quantitative estimate of drug-likeness (QED) is 0.762. The molecule has 0 atom stereocenters. The lowest BCUT2D eigenvalue weighted by molar-refractivity contribution is 0.0945. The summed E-state index contributed by atoms with van der Waals surface area (Å²) in [7, 11) is 5.63. The lowest BCUT2D eigenvalue weighted by Crippen LogP contribution is -2.24. The molecule has 0 spiro atoms. The Morgan fingerprint density at radius 1 is 1.17 bits per heavy atom. The fourth-order valence-corrected chi connectivity index (χ4v) is 1.96. The fourth-order valence-electron chi connectivity index (χ4n) is 1.96. The first-order valence-corrected chi connectivity index (χ1v) is 7.70. The van der Waals surface area contributed by atoms with Crippen LogP contribution in [0.4, 0.5) is 5.82 Å². The molecule has 7 heteroatoms. The molecular formula is C17H23N5O2. The van der Waals surface area contributed by atoms with Gasteiger partial charge in [-0.15, -0.1) is 0 Å². The molecule has 0 saturated carbocycles. The van der Waals surface area contributed by atoms with Crippen molar-refractivity contribution in [2.75, 3.05) is 39.6 Å². The van der Waals surface area contributed by atoms with Gasteiger partial charge in [0.2, 0.25) is 0 Å². The van der Waals surface area contributed by atoms with E-state index in [2.05, 4.69) is 25.5 Å². The number of benzene rings is 1. The molecular weight excluding hydrogens is 306 g/mol. The monoisotopic (exact) mass is 329 g/mol. The van der Waals surface area contributed by atoms with Gasteiger partial charge in [0.1, 0.15) is 17.3 Å². The zero-order chi connectivity index (χ0) is 17.4. The van der Waals surface area contributed by atoms with Crippen LogP contribution >= 0.6 is 0 Å². The highest BCUT2D eigenvalue weighted by atomic mass is 16.5. The molecule has 128 valence electrons. The SMILES string of the molecule is COc1ccc(CNC(=O)c2cnc(NCCN(C)C)cn2)cc1. The Morgan fingerprint density at radius 3 is 2.50 bits per heavy atom. The topological polar surface area (TPSA) is 79.4 Å². The number of nitrogens with one attached hydrogen (secondary N) is 2. The molecule has 7 nitrogen and oxygen atoms in total. The molecule has 0 aliphatic heterocycles. The number of amides is 1. The third kappa shape index (κ3) is 5.51. The average Bonchev–Trinajstić information content (AvgIpc) is 2.60. The van der Waals surface area contributed by atoms with Crippen molar-refractivity contribution in [3.63, 3.8) is 0 Å². The van der Waals surface area contributed by atoms with E-state index in [0.717, 1.165) is 24.4 Å². The number of likely N-dealkylation sites (N-methyl/N-ethyl adjacent to an activating group) is 1. The molecule has 0 radical (unpaired) electrons. The van der Waals surface area contributed by atoms with E-state index in [1.54, 1.807) is 13.3 Å². The number of aromatic nitrogens is 2. The number of nitrogens with zero attached hydrogens (tertiary/aromatic N) is 3. The first kappa shape index (κ1) is 17.7. The molecule has 24 heavy (non-hydrogen) atoms. The maximum atomic E-state index is 12.1. The van der Waals surface area contributed by atoms with E-state index >= 15 is 0 Å². The van der Waals surface area contributed by atoms with Crippen LogP contribution in [0.25, 0.3) is 0 Å². The van der Waals surface area contributed by atoms with Crippen molar-refractivity contribution < 1.29 is 9.53 Å². The number of ether oxygens (including phenoxy) is 1. The first-order valence-electron chi connectivity index (χ1n) is 7.70. The highest BCUT2D eigenvalue weighted by Gasteiger charge is 2.08. The van der Waals surface area contributed by atoms with Crippen LogP contribution < -0.4 is 15.4 Å². The van der Waals surface area contributed by atoms with Gasteiger partial charge >= 0.3 is 0 Å². The normalized spacial score (nSPS) is 10.5. The lowest BCUT2D eigenvalue weighted by atomic mass is 10.2. The smallest absolute Gasteiger partial charge is 0.271 e. The van der Waals surface area contributed by atoms with E-state index in [9.17, 15) is 4.79 Å². The van der Waals surface area contributed by atoms with Gasteiger partial charge in [-0.3, -0.25) is 4.79 Å². The molecule has 2 N–H and O–H groups in total. The van der Waals surface area contributed by atoms with Gasteiger partial charge < -0.3 is 20.3 Å². The van der Waals surface area contributed by atoms with Gasteiger partial charge in [0.05, 0.1) is 19.5 Å². The molecule has 0 saturated heterocycles. The van der Waals surface area contributed by atoms with Gasteiger partial charge in [0.15, 0.2) is 0 Å². The molecule has 2 aromatic rings. The molecule has 0 fully saturated rings.